The lowest BCUT2D eigenvalue weighted by Gasteiger charge is -2.02. The SMILES string of the molecule is O=C(OCc1ncc(-c2ccccc2)o1)c1ccc(O)cc1. The third-order valence-electron chi connectivity index (χ3n) is 3.04. The second kappa shape index (κ2) is 6.13. The smallest absolute Gasteiger partial charge is 0.338 e. The molecule has 5 nitrogen and oxygen atoms in total. The fraction of sp³-hybridized carbons (Fsp3) is 0.0588. The largest absolute Gasteiger partial charge is 0.508 e. The van der Waals surface area contributed by atoms with Gasteiger partial charge in [-0.25, -0.2) is 9.78 Å². The van der Waals surface area contributed by atoms with Crippen LogP contribution in [0, 0.1) is 0 Å². The fourth-order valence-corrected chi connectivity index (χ4v) is 1.92. The standard InChI is InChI=1S/C17H13NO4/c19-14-8-6-13(7-9-14)17(20)21-11-16-18-10-15(22-16)12-4-2-1-3-5-12/h1-10,19H,11H2. The summed E-state index contributed by atoms with van der Waals surface area (Å²) in [7, 11) is 0. The summed E-state index contributed by atoms with van der Waals surface area (Å²) >= 11 is 0. The minimum Gasteiger partial charge on any atom is -0.508 e. The number of rotatable bonds is 4. The monoisotopic (exact) mass is 295 g/mol. The molecule has 0 saturated heterocycles. The van der Waals surface area contributed by atoms with Crippen molar-refractivity contribution in [2.75, 3.05) is 0 Å². The van der Waals surface area contributed by atoms with Gasteiger partial charge in [-0.05, 0) is 24.3 Å². The number of hydrogen-bond donors (Lipinski definition) is 1. The summed E-state index contributed by atoms with van der Waals surface area (Å²) in [6.45, 7) is -0.0491. The summed E-state index contributed by atoms with van der Waals surface area (Å²) < 4.78 is 10.7. The number of benzene rings is 2. The first-order chi connectivity index (χ1) is 10.7. The molecule has 1 aromatic heterocycles. The zero-order valence-electron chi connectivity index (χ0n) is 11.6. The van der Waals surface area contributed by atoms with Crippen LogP contribution in [0.4, 0.5) is 0 Å². The van der Waals surface area contributed by atoms with E-state index in [1.165, 1.54) is 24.3 Å². The van der Waals surface area contributed by atoms with Crippen molar-refractivity contribution >= 4 is 5.97 Å². The summed E-state index contributed by atoms with van der Waals surface area (Å²) in [6.07, 6.45) is 1.60. The minimum atomic E-state index is -0.500. The van der Waals surface area contributed by atoms with Crippen LogP contribution in [0.2, 0.25) is 0 Å². The maximum atomic E-state index is 11.8. The van der Waals surface area contributed by atoms with E-state index in [1.807, 2.05) is 30.3 Å². The number of ether oxygens (including phenoxy) is 1. The molecule has 22 heavy (non-hydrogen) atoms. The van der Waals surface area contributed by atoms with E-state index in [1.54, 1.807) is 6.20 Å². The van der Waals surface area contributed by atoms with Crippen LogP contribution < -0.4 is 0 Å². The molecule has 3 rings (SSSR count). The average molecular weight is 295 g/mol. The third-order valence-corrected chi connectivity index (χ3v) is 3.04. The summed E-state index contributed by atoms with van der Waals surface area (Å²) in [5.41, 5.74) is 1.26. The van der Waals surface area contributed by atoms with Crippen LogP contribution in [0.1, 0.15) is 16.2 Å². The Labute approximate surface area is 126 Å². The van der Waals surface area contributed by atoms with Crippen LogP contribution in [0.15, 0.2) is 65.2 Å². The number of aromatic nitrogens is 1. The molecule has 0 spiro atoms. The molecule has 0 fully saturated rings. The molecule has 0 radical (unpaired) electrons. The third kappa shape index (κ3) is 3.15. The van der Waals surface area contributed by atoms with Crippen molar-refractivity contribution in [2.24, 2.45) is 0 Å². The van der Waals surface area contributed by atoms with Crippen molar-refractivity contribution in [3.05, 3.63) is 72.2 Å². The molecule has 0 saturated carbocycles. The summed E-state index contributed by atoms with van der Waals surface area (Å²) in [5.74, 6) is 0.540. The number of esters is 1. The number of phenolic OH excluding ortho intramolecular Hbond substituents is 1. The van der Waals surface area contributed by atoms with Crippen LogP contribution in [0.5, 0.6) is 5.75 Å². The molecule has 5 heteroatoms. The Hall–Kier alpha value is -3.08. The average Bonchev–Trinajstić information content (AvgIpc) is 3.03. The van der Waals surface area contributed by atoms with Gasteiger partial charge in [-0.2, -0.15) is 0 Å². The van der Waals surface area contributed by atoms with Crippen LogP contribution in [0.3, 0.4) is 0 Å². The van der Waals surface area contributed by atoms with E-state index < -0.39 is 5.97 Å². The highest BCUT2D eigenvalue weighted by Gasteiger charge is 2.11. The molecule has 0 bridgehead atoms. The molecule has 0 aliphatic carbocycles. The van der Waals surface area contributed by atoms with E-state index in [0.29, 0.717) is 17.2 Å². The van der Waals surface area contributed by atoms with Gasteiger partial charge in [0.05, 0.1) is 11.8 Å². The molecule has 3 aromatic rings. The van der Waals surface area contributed by atoms with Gasteiger partial charge in [-0.1, -0.05) is 30.3 Å². The summed E-state index contributed by atoms with van der Waals surface area (Å²) in [5, 5.41) is 9.18. The lowest BCUT2D eigenvalue weighted by atomic mass is 10.2. The maximum Gasteiger partial charge on any atom is 0.338 e. The van der Waals surface area contributed by atoms with Crippen LogP contribution in [0.25, 0.3) is 11.3 Å². The van der Waals surface area contributed by atoms with Crippen LogP contribution in [-0.2, 0) is 11.3 Å². The molecular formula is C17H13NO4. The Kier molecular flexibility index (Phi) is 3.87. The Bertz CT molecular complexity index is 763. The summed E-state index contributed by atoms with van der Waals surface area (Å²) in [4.78, 5) is 15.9. The predicted molar refractivity (Wildman–Crippen MR) is 79.2 cm³/mol. The van der Waals surface area contributed by atoms with Gasteiger partial charge in [-0.15, -0.1) is 0 Å². The van der Waals surface area contributed by atoms with Crippen molar-refractivity contribution in [1.82, 2.24) is 4.98 Å². The second-order valence-electron chi connectivity index (χ2n) is 4.61. The quantitative estimate of drug-likeness (QED) is 0.747. The molecule has 0 atom stereocenters. The van der Waals surface area contributed by atoms with E-state index in [2.05, 4.69) is 4.98 Å². The number of carbonyl (C=O) groups is 1. The van der Waals surface area contributed by atoms with Gasteiger partial charge in [0.15, 0.2) is 12.4 Å². The van der Waals surface area contributed by atoms with Gasteiger partial charge >= 0.3 is 5.97 Å². The highest BCUT2D eigenvalue weighted by atomic mass is 16.5. The number of carbonyl (C=O) groups excluding carboxylic acids is 1. The van der Waals surface area contributed by atoms with Gasteiger partial charge in [0, 0.05) is 5.56 Å². The van der Waals surface area contributed by atoms with Gasteiger partial charge in [-0.3, -0.25) is 0 Å². The highest BCUT2D eigenvalue weighted by molar-refractivity contribution is 5.89. The Balaban J connectivity index is 1.64. The fourth-order valence-electron chi connectivity index (χ4n) is 1.92. The minimum absolute atomic E-state index is 0.0491. The van der Waals surface area contributed by atoms with E-state index in [-0.39, 0.29) is 12.4 Å². The van der Waals surface area contributed by atoms with Crippen molar-refractivity contribution < 1.29 is 19.1 Å². The number of nitrogens with zero attached hydrogens (tertiary/aromatic N) is 1. The normalized spacial score (nSPS) is 10.4. The molecule has 2 aromatic carbocycles. The predicted octanol–water partition coefficient (Wildman–Crippen LogP) is 3.40. The van der Waals surface area contributed by atoms with E-state index >= 15 is 0 Å². The lowest BCUT2D eigenvalue weighted by molar-refractivity contribution is 0.0439. The second-order valence-corrected chi connectivity index (χ2v) is 4.61. The van der Waals surface area contributed by atoms with Crippen molar-refractivity contribution in [2.45, 2.75) is 6.61 Å². The number of phenols is 1. The zero-order valence-corrected chi connectivity index (χ0v) is 11.6. The molecule has 0 unspecified atom stereocenters. The molecule has 1 N–H and O–H groups in total. The Morgan fingerprint density at radius 2 is 1.82 bits per heavy atom. The topological polar surface area (TPSA) is 72.6 Å². The molecule has 0 aliphatic heterocycles. The van der Waals surface area contributed by atoms with Crippen LogP contribution >= 0.6 is 0 Å². The molecule has 0 aliphatic rings. The van der Waals surface area contributed by atoms with E-state index in [0.717, 1.165) is 5.56 Å². The van der Waals surface area contributed by atoms with E-state index in [9.17, 15) is 9.90 Å². The van der Waals surface area contributed by atoms with Crippen molar-refractivity contribution in [1.29, 1.82) is 0 Å². The van der Waals surface area contributed by atoms with Crippen molar-refractivity contribution in [3.63, 3.8) is 0 Å². The molecule has 1 heterocycles. The van der Waals surface area contributed by atoms with Crippen LogP contribution in [-0.4, -0.2) is 16.1 Å². The summed E-state index contributed by atoms with van der Waals surface area (Å²) in [6, 6.07) is 15.4. The van der Waals surface area contributed by atoms with E-state index in [4.69, 9.17) is 9.15 Å². The highest BCUT2D eigenvalue weighted by Crippen LogP contribution is 2.20. The van der Waals surface area contributed by atoms with Crippen molar-refractivity contribution in [3.8, 4) is 17.1 Å². The van der Waals surface area contributed by atoms with Gasteiger partial charge in [0.2, 0.25) is 5.89 Å². The van der Waals surface area contributed by atoms with Gasteiger partial charge in [0.25, 0.3) is 0 Å². The number of oxazole rings is 1. The molecule has 110 valence electrons. The number of aromatic hydroxyl groups is 1. The maximum absolute atomic E-state index is 11.8. The van der Waals surface area contributed by atoms with Gasteiger partial charge in [0.1, 0.15) is 5.75 Å². The number of hydrogen-bond acceptors (Lipinski definition) is 5. The first-order valence-corrected chi connectivity index (χ1v) is 6.68. The zero-order chi connectivity index (χ0) is 15.4. The lowest BCUT2D eigenvalue weighted by Crippen LogP contribution is -2.05. The molecular weight excluding hydrogens is 282 g/mol. The first-order valence-electron chi connectivity index (χ1n) is 6.68. The Morgan fingerprint density at radius 1 is 1.09 bits per heavy atom. The van der Waals surface area contributed by atoms with Gasteiger partial charge < -0.3 is 14.3 Å². The Morgan fingerprint density at radius 3 is 2.55 bits per heavy atom. The molecule has 0 amide bonds. The first kappa shape index (κ1) is 13.9.